The van der Waals surface area contributed by atoms with E-state index in [0.717, 1.165) is 24.3 Å². The van der Waals surface area contributed by atoms with Crippen LogP contribution in [0.25, 0.3) is 0 Å². The van der Waals surface area contributed by atoms with E-state index in [-0.39, 0.29) is 22.6 Å². The molecule has 0 saturated carbocycles. The Hall–Kier alpha value is -3.09. The Labute approximate surface area is 174 Å². The van der Waals surface area contributed by atoms with Gasteiger partial charge in [0, 0.05) is 12.1 Å². The normalized spacial score (nSPS) is 30.1. The van der Waals surface area contributed by atoms with Gasteiger partial charge in [0.05, 0.1) is 6.61 Å². The molecule has 3 unspecified atom stereocenters. The van der Waals surface area contributed by atoms with E-state index in [9.17, 15) is 40.5 Å². The molecule has 31 heavy (non-hydrogen) atoms. The first-order chi connectivity index (χ1) is 14.7. The van der Waals surface area contributed by atoms with Crippen molar-refractivity contribution in [2.75, 3.05) is 6.61 Å². The summed E-state index contributed by atoms with van der Waals surface area (Å²) in [5.74, 6) is -2.77. The number of Topliss-reactive ketones (excluding diaryl/α,β-unsaturated/α-hetero) is 1. The van der Waals surface area contributed by atoms with Crippen molar-refractivity contribution in [3.8, 4) is 28.7 Å². The number of benzene rings is 2. The van der Waals surface area contributed by atoms with E-state index in [0.29, 0.717) is 0 Å². The number of aliphatic hydroxyl groups is 3. The molecule has 2 heterocycles. The van der Waals surface area contributed by atoms with E-state index >= 15 is 0 Å². The molecule has 2 aliphatic heterocycles. The Kier molecular flexibility index (Phi) is 5.37. The van der Waals surface area contributed by atoms with Gasteiger partial charge in [-0.1, -0.05) is 6.07 Å². The van der Waals surface area contributed by atoms with Crippen molar-refractivity contribution < 1.29 is 54.8 Å². The molecular weight excluding hydrogens is 416 g/mol. The lowest BCUT2D eigenvalue weighted by atomic mass is 9.92. The van der Waals surface area contributed by atoms with Crippen LogP contribution in [0.2, 0.25) is 0 Å². The molecule has 0 aliphatic carbocycles. The lowest BCUT2D eigenvalue weighted by Crippen LogP contribution is -2.44. The zero-order chi connectivity index (χ0) is 22.4. The van der Waals surface area contributed by atoms with Gasteiger partial charge < -0.3 is 50.0 Å². The maximum absolute atomic E-state index is 13.2. The van der Waals surface area contributed by atoms with E-state index in [1.807, 2.05) is 0 Å². The standard InChI is InChI=1S/C20H20O11/c21-6-13-15(26)17(28)20(30-13)31-19-16(27)14-11(25)4-8(22)5-12(14)29-18(19)7-1-2-9(23)10(24)3-7/h1-5,13,15,17-26,28H,6H2/t13-,15+,17-,18?,19?,20?/m1/s1. The zero-order valence-electron chi connectivity index (χ0n) is 15.8. The van der Waals surface area contributed by atoms with Gasteiger partial charge in [0.15, 0.2) is 30.0 Å². The van der Waals surface area contributed by atoms with Crippen molar-refractivity contribution in [2.24, 2.45) is 0 Å². The predicted octanol–water partition coefficient (Wildman–Crippen LogP) is -0.350. The van der Waals surface area contributed by atoms with E-state index in [2.05, 4.69) is 0 Å². The second-order valence-electron chi connectivity index (χ2n) is 7.25. The van der Waals surface area contributed by atoms with Crippen LogP contribution in [-0.2, 0) is 9.47 Å². The van der Waals surface area contributed by atoms with Crippen LogP contribution in [0, 0.1) is 0 Å². The molecule has 0 radical (unpaired) electrons. The van der Waals surface area contributed by atoms with Crippen molar-refractivity contribution in [2.45, 2.75) is 36.8 Å². The lowest BCUT2D eigenvalue weighted by molar-refractivity contribution is -0.199. The molecule has 166 valence electrons. The molecule has 0 bridgehead atoms. The fraction of sp³-hybridized carbons (Fsp3) is 0.350. The third kappa shape index (κ3) is 3.62. The first-order valence-corrected chi connectivity index (χ1v) is 9.28. The van der Waals surface area contributed by atoms with Gasteiger partial charge >= 0.3 is 0 Å². The monoisotopic (exact) mass is 436 g/mol. The summed E-state index contributed by atoms with van der Waals surface area (Å²) in [6.07, 6.45) is -8.51. The Morgan fingerprint density at radius 2 is 1.68 bits per heavy atom. The van der Waals surface area contributed by atoms with Crippen LogP contribution >= 0.6 is 0 Å². The second-order valence-corrected chi connectivity index (χ2v) is 7.25. The molecule has 11 nitrogen and oxygen atoms in total. The molecule has 1 fully saturated rings. The summed E-state index contributed by atoms with van der Waals surface area (Å²) in [6.45, 7) is -0.606. The summed E-state index contributed by atoms with van der Waals surface area (Å²) in [5.41, 5.74) is -0.0948. The Morgan fingerprint density at radius 1 is 0.935 bits per heavy atom. The topological polar surface area (TPSA) is 186 Å². The minimum Gasteiger partial charge on any atom is -0.508 e. The van der Waals surface area contributed by atoms with Gasteiger partial charge in [-0.2, -0.15) is 0 Å². The molecule has 11 heteroatoms. The van der Waals surface area contributed by atoms with Crippen molar-refractivity contribution in [1.29, 1.82) is 0 Å². The fourth-order valence-electron chi connectivity index (χ4n) is 3.62. The van der Waals surface area contributed by atoms with Crippen molar-refractivity contribution >= 4 is 5.78 Å². The third-order valence-electron chi connectivity index (χ3n) is 5.21. The molecule has 6 atom stereocenters. The predicted molar refractivity (Wildman–Crippen MR) is 99.9 cm³/mol. The number of aromatic hydroxyl groups is 4. The molecule has 4 rings (SSSR count). The first kappa shape index (κ1) is 21.2. The number of rotatable bonds is 4. The molecule has 2 aliphatic rings. The molecule has 0 aromatic heterocycles. The smallest absolute Gasteiger partial charge is 0.203 e. The summed E-state index contributed by atoms with van der Waals surface area (Å²) in [7, 11) is 0. The minimum atomic E-state index is -1.59. The van der Waals surface area contributed by atoms with Crippen LogP contribution in [0.15, 0.2) is 30.3 Å². The number of carbonyl (C=O) groups excluding carboxylic acids is 1. The van der Waals surface area contributed by atoms with Gasteiger partial charge in [0.25, 0.3) is 0 Å². The summed E-state index contributed by atoms with van der Waals surface area (Å²) in [6, 6.07) is 5.71. The van der Waals surface area contributed by atoms with Crippen LogP contribution in [0.4, 0.5) is 0 Å². The highest BCUT2D eigenvalue weighted by molar-refractivity contribution is 6.05. The average molecular weight is 436 g/mol. The highest BCUT2D eigenvalue weighted by Crippen LogP contribution is 2.44. The maximum atomic E-state index is 13.2. The summed E-state index contributed by atoms with van der Waals surface area (Å²) >= 11 is 0. The SMILES string of the molecule is O=C1c2c(O)cc(O)cc2OC(c2ccc(O)c(O)c2)C1OC1O[C@H](CO)[C@H](O)[C@H]1O. The summed E-state index contributed by atoms with van der Waals surface area (Å²) in [4.78, 5) is 13.2. The molecule has 2 aromatic rings. The number of aliphatic hydroxyl groups excluding tert-OH is 3. The molecule has 2 aromatic carbocycles. The van der Waals surface area contributed by atoms with Gasteiger partial charge in [0.2, 0.25) is 5.78 Å². The number of ether oxygens (including phenoxy) is 3. The van der Waals surface area contributed by atoms with E-state index < -0.39 is 66.4 Å². The van der Waals surface area contributed by atoms with Crippen molar-refractivity contribution in [1.82, 2.24) is 0 Å². The van der Waals surface area contributed by atoms with Gasteiger partial charge in [-0.25, -0.2) is 0 Å². The van der Waals surface area contributed by atoms with E-state index in [1.165, 1.54) is 6.07 Å². The van der Waals surface area contributed by atoms with Crippen LogP contribution in [0.5, 0.6) is 28.7 Å². The fourth-order valence-corrected chi connectivity index (χ4v) is 3.62. The lowest BCUT2D eigenvalue weighted by Gasteiger charge is -2.34. The number of hydrogen-bond donors (Lipinski definition) is 7. The molecule has 1 saturated heterocycles. The third-order valence-corrected chi connectivity index (χ3v) is 5.21. The highest BCUT2D eigenvalue weighted by atomic mass is 16.7. The summed E-state index contributed by atoms with van der Waals surface area (Å²) in [5, 5.41) is 68.7. The number of fused-ring (bicyclic) bond motifs is 1. The van der Waals surface area contributed by atoms with Crippen LogP contribution in [0.1, 0.15) is 22.0 Å². The van der Waals surface area contributed by atoms with Gasteiger partial charge in [-0.3, -0.25) is 4.79 Å². The highest BCUT2D eigenvalue weighted by Gasteiger charge is 2.49. The number of ketones is 1. The number of carbonyl (C=O) groups is 1. The van der Waals surface area contributed by atoms with Gasteiger partial charge in [0.1, 0.15) is 41.1 Å². The van der Waals surface area contributed by atoms with Gasteiger partial charge in [-0.15, -0.1) is 0 Å². The van der Waals surface area contributed by atoms with Crippen LogP contribution in [0.3, 0.4) is 0 Å². The first-order valence-electron chi connectivity index (χ1n) is 9.28. The average Bonchev–Trinajstić information content (AvgIpc) is 2.99. The van der Waals surface area contributed by atoms with Crippen molar-refractivity contribution in [3.05, 3.63) is 41.5 Å². The number of phenolic OH excluding ortho intramolecular Hbond substituents is 4. The van der Waals surface area contributed by atoms with Crippen molar-refractivity contribution in [3.63, 3.8) is 0 Å². The van der Waals surface area contributed by atoms with Gasteiger partial charge in [-0.05, 0) is 17.7 Å². The number of hydrogen-bond acceptors (Lipinski definition) is 11. The molecule has 0 spiro atoms. The van der Waals surface area contributed by atoms with E-state index in [1.54, 1.807) is 0 Å². The maximum Gasteiger partial charge on any atom is 0.203 e. The second kappa shape index (κ2) is 7.87. The van der Waals surface area contributed by atoms with Crippen LogP contribution < -0.4 is 4.74 Å². The zero-order valence-corrected chi connectivity index (χ0v) is 15.8. The molecule has 7 N–H and O–H groups in total. The van der Waals surface area contributed by atoms with Crippen LogP contribution in [-0.4, -0.2) is 78.8 Å². The Bertz CT molecular complexity index is 1010. The molecular formula is C20H20O11. The number of phenols is 4. The van der Waals surface area contributed by atoms with E-state index in [4.69, 9.17) is 14.2 Å². The minimum absolute atomic E-state index is 0.152. The quantitative estimate of drug-likeness (QED) is 0.311. The summed E-state index contributed by atoms with van der Waals surface area (Å²) < 4.78 is 16.7. The molecule has 0 amide bonds. The Balaban J connectivity index is 1.75. The largest absolute Gasteiger partial charge is 0.508 e. The Morgan fingerprint density at radius 3 is 2.32 bits per heavy atom.